The van der Waals surface area contributed by atoms with Crippen LogP contribution in [0.1, 0.15) is 6.92 Å². The van der Waals surface area contributed by atoms with Gasteiger partial charge in [0.2, 0.25) is 0 Å². The Morgan fingerprint density at radius 2 is 2.15 bits per heavy atom. The largest absolute Gasteiger partial charge is 0.327 e. The molecule has 1 nitrogen and oxygen atoms in total. The van der Waals surface area contributed by atoms with Gasteiger partial charge < -0.3 is 5.73 Å². The van der Waals surface area contributed by atoms with E-state index < -0.39 is 0 Å². The summed E-state index contributed by atoms with van der Waals surface area (Å²) in [5, 5.41) is 1.44. The average Bonchev–Trinajstić information content (AvgIpc) is 2.06. The first kappa shape index (κ1) is 11.2. The molecule has 1 rings (SSSR count). The molecule has 0 fully saturated rings. The third-order valence-electron chi connectivity index (χ3n) is 1.39. The van der Waals surface area contributed by atoms with E-state index in [0.717, 1.165) is 15.7 Å². The molecule has 0 aromatic heterocycles. The van der Waals surface area contributed by atoms with E-state index in [2.05, 4.69) is 0 Å². The second-order valence-corrected chi connectivity index (χ2v) is 4.77. The molecule has 1 aromatic carbocycles. The van der Waals surface area contributed by atoms with Gasteiger partial charge in [0.1, 0.15) is 0 Å². The van der Waals surface area contributed by atoms with Crippen LogP contribution >= 0.6 is 35.0 Å². The van der Waals surface area contributed by atoms with Crippen molar-refractivity contribution in [2.24, 2.45) is 5.73 Å². The first-order valence-corrected chi connectivity index (χ1v) is 5.67. The number of halogens is 2. The van der Waals surface area contributed by atoms with Crippen molar-refractivity contribution in [3.05, 3.63) is 28.2 Å². The zero-order chi connectivity index (χ0) is 9.84. The molecule has 0 saturated carbocycles. The molecule has 0 aliphatic heterocycles. The van der Waals surface area contributed by atoms with Gasteiger partial charge in [-0.15, -0.1) is 11.8 Å². The van der Waals surface area contributed by atoms with Crippen LogP contribution in [0.15, 0.2) is 23.1 Å². The van der Waals surface area contributed by atoms with Gasteiger partial charge in [-0.05, 0) is 25.1 Å². The van der Waals surface area contributed by atoms with Crippen LogP contribution in [-0.4, -0.2) is 11.8 Å². The second kappa shape index (κ2) is 5.11. The van der Waals surface area contributed by atoms with Crippen LogP contribution in [0.25, 0.3) is 0 Å². The molecular weight excluding hydrogens is 225 g/mol. The Morgan fingerprint density at radius 3 is 2.77 bits per heavy atom. The molecule has 0 bridgehead atoms. The lowest BCUT2D eigenvalue weighted by Gasteiger charge is -2.06. The summed E-state index contributed by atoms with van der Waals surface area (Å²) in [7, 11) is 0. The van der Waals surface area contributed by atoms with Crippen LogP contribution in [0.2, 0.25) is 10.0 Å². The van der Waals surface area contributed by atoms with Gasteiger partial charge in [0.25, 0.3) is 0 Å². The number of rotatable bonds is 3. The monoisotopic (exact) mass is 235 g/mol. The van der Waals surface area contributed by atoms with Gasteiger partial charge in [-0.1, -0.05) is 23.2 Å². The molecule has 2 N–H and O–H groups in total. The molecule has 1 atom stereocenters. The molecule has 72 valence electrons. The van der Waals surface area contributed by atoms with Gasteiger partial charge in [-0.3, -0.25) is 0 Å². The Balaban J connectivity index is 2.70. The molecule has 0 radical (unpaired) electrons. The van der Waals surface area contributed by atoms with Crippen LogP contribution in [0.4, 0.5) is 0 Å². The van der Waals surface area contributed by atoms with E-state index in [9.17, 15) is 0 Å². The van der Waals surface area contributed by atoms with Crippen LogP contribution in [0, 0.1) is 0 Å². The van der Waals surface area contributed by atoms with E-state index in [-0.39, 0.29) is 6.04 Å². The molecule has 13 heavy (non-hydrogen) atoms. The maximum atomic E-state index is 5.96. The van der Waals surface area contributed by atoms with Gasteiger partial charge in [-0.25, -0.2) is 0 Å². The minimum atomic E-state index is 0.167. The van der Waals surface area contributed by atoms with E-state index in [1.54, 1.807) is 23.9 Å². The third kappa shape index (κ3) is 3.77. The summed E-state index contributed by atoms with van der Waals surface area (Å²) in [6.07, 6.45) is 0. The number of hydrogen-bond acceptors (Lipinski definition) is 2. The SMILES string of the molecule is C[C@H](N)CSc1cc(Cl)ccc1Cl. The highest BCUT2D eigenvalue weighted by molar-refractivity contribution is 7.99. The molecule has 4 heteroatoms. The summed E-state index contributed by atoms with van der Waals surface area (Å²) in [4.78, 5) is 0.992. The van der Waals surface area contributed by atoms with E-state index in [1.807, 2.05) is 13.0 Å². The van der Waals surface area contributed by atoms with Crippen LogP contribution in [-0.2, 0) is 0 Å². The maximum Gasteiger partial charge on any atom is 0.0542 e. The standard InChI is InChI=1S/C9H11Cl2NS/c1-6(12)5-13-9-4-7(10)2-3-8(9)11/h2-4,6H,5,12H2,1H3/t6-/m0/s1. The zero-order valence-electron chi connectivity index (χ0n) is 7.26. The van der Waals surface area contributed by atoms with Crippen molar-refractivity contribution >= 4 is 35.0 Å². The summed E-state index contributed by atoms with van der Waals surface area (Å²) in [6, 6.07) is 5.60. The molecule has 0 aliphatic carbocycles. The summed E-state index contributed by atoms with van der Waals surface area (Å²) in [5.41, 5.74) is 5.63. The van der Waals surface area contributed by atoms with E-state index in [0.29, 0.717) is 5.02 Å². The lowest BCUT2D eigenvalue weighted by molar-refractivity contribution is 0.847. The van der Waals surface area contributed by atoms with Gasteiger partial charge in [0.05, 0.1) is 5.02 Å². The quantitative estimate of drug-likeness (QED) is 0.813. The number of nitrogens with two attached hydrogens (primary N) is 1. The first-order chi connectivity index (χ1) is 6.09. The van der Waals surface area contributed by atoms with Crippen molar-refractivity contribution in [1.82, 2.24) is 0 Å². The molecule has 0 amide bonds. The highest BCUT2D eigenvalue weighted by Gasteiger charge is 2.03. The zero-order valence-corrected chi connectivity index (χ0v) is 9.59. The van der Waals surface area contributed by atoms with Crippen LogP contribution < -0.4 is 5.73 Å². The van der Waals surface area contributed by atoms with Crippen molar-refractivity contribution < 1.29 is 0 Å². The van der Waals surface area contributed by atoms with Crippen LogP contribution in [0.3, 0.4) is 0 Å². The minimum absolute atomic E-state index is 0.167. The highest BCUT2D eigenvalue weighted by Crippen LogP contribution is 2.29. The highest BCUT2D eigenvalue weighted by atomic mass is 35.5. The van der Waals surface area contributed by atoms with E-state index in [4.69, 9.17) is 28.9 Å². The summed E-state index contributed by atoms with van der Waals surface area (Å²) < 4.78 is 0. The smallest absolute Gasteiger partial charge is 0.0542 e. The predicted octanol–water partition coefficient (Wildman–Crippen LogP) is 3.43. The maximum absolute atomic E-state index is 5.96. The Bertz CT molecular complexity index is 289. The molecule has 0 spiro atoms. The summed E-state index contributed by atoms with van der Waals surface area (Å²) in [6.45, 7) is 1.96. The molecule has 0 unspecified atom stereocenters. The first-order valence-electron chi connectivity index (χ1n) is 3.93. The molecule has 0 heterocycles. The summed E-state index contributed by atoms with van der Waals surface area (Å²) >= 11 is 13.4. The lowest BCUT2D eigenvalue weighted by Crippen LogP contribution is -2.17. The minimum Gasteiger partial charge on any atom is -0.327 e. The fourth-order valence-corrected chi connectivity index (χ4v) is 2.19. The second-order valence-electron chi connectivity index (χ2n) is 2.86. The molecule has 0 saturated heterocycles. The van der Waals surface area contributed by atoms with Gasteiger partial charge in [-0.2, -0.15) is 0 Å². The molecule has 0 aliphatic rings. The Kier molecular flexibility index (Phi) is 4.39. The van der Waals surface area contributed by atoms with E-state index >= 15 is 0 Å². The Morgan fingerprint density at radius 1 is 1.46 bits per heavy atom. The lowest BCUT2D eigenvalue weighted by atomic mass is 10.4. The number of hydrogen-bond donors (Lipinski definition) is 1. The Labute approximate surface area is 92.6 Å². The number of benzene rings is 1. The van der Waals surface area contributed by atoms with Crippen molar-refractivity contribution in [3.63, 3.8) is 0 Å². The summed E-state index contributed by atoms with van der Waals surface area (Å²) in [5.74, 6) is 0.847. The molecule has 1 aromatic rings. The average molecular weight is 236 g/mol. The normalized spacial score (nSPS) is 12.9. The number of thioether (sulfide) groups is 1. The fourth-order valence-electron chi connectivity index (χ4n) is 0.809. The van der Waals surface area contributed by atoms with Gasteiger partial charge in [0.15, 0.2) is 0 Å². The Hall–Kier alpha value is 0.110. The van der Waals surface area contributed by atoms with E-state index in [1.165, 1.54) is 0 Å². The van der Waals surface area contributed by atoms with Crippen molar-refractivity contribution in [3.8, 4) is 0 Å². The van der Waals surface area contributed by atoms with Crippen LogP contribution in [0.5, 0.6) is 0 Å². The molecular formula is C9H11Cl2NS. The van der Waals surface area contributed by atoms with Crippen molar-refractivity contribution in [2.75, 3.05) is 5.75 Å². The fraction of sp³-hybridized carbons (Fsp3) is 0.333. The van der Waals surface area contributed by atoms with Gasteiger partial charge >= 0.3 is 0 Å². The third-order valence-corrected chi connectivity index (χ3v) is 3.41. The topological polar surface area (TPSA) is 26.0 Å². The van der Waals surface area contributed by atoms with Gasteiger partial charge in [0, 0.05) is 21.7 Å². The predicted molar refractivity (Wildman–Crippen MR) is 60.8 cm³/mol. The van der Waals surface area contributed by atoms with Crippen molar-refractivity contribution in [1.29, 1.82) is 0 Å². The van der Waals surface area contributed by atoms with Crippen molar-refractivity contribution in [2.45, 2.75) is 17.9 Å².